The van der Waals surface area contributed by atoms with E-state index >= 15 is 0 Å². The van der Waals surface area contributed by atoms with Crippen LogP contribution in [0.15, 0.2) is 48.0 Å². The van der Waals surface area contributed by atoms with Gasteiger partial charge in [0, 0.05) is 49.1 Å². The van der Waals surface area contributed by atoms with Crippen LogP contribution in [0.25, 0.3) is 0 Å². The first-order chi connectivity index (χ1) is 13.6. The molecule has 4 nitrogen and oxygen atoms in total. The van der Waals surface area contributed by atoms with Gasteiger partial charge in [-0.2, -0.15) is 0 Å². The highest BCUT2D eigenvalue weighted by atomic mass is 15.2. The van der Waals surface area contributed by atoms with Crippen molar-refractivity contribution in [3.63, 3.8) is 0 Å². The van der Waals surface area contributed by atoms with E-state index in [1.807, 2.05) is 6.20 Å². The maximum absolute atomic E-state index is 8.79. The lowest BCUT2D eigenvalue weighted by molar-refractivity contribution is 0.232. The summed E-state index contributed by atoms with van der Waals surface area (Å²) in [5.41, 5.74) is 3.82. The van der Waals surface area contributed by atoms with Crippen molar-refractivity contribution in [2.45, 2.75) is 65.3 Å². The summed E-state index contributed by atoms with van der Waals surface area (Å²) < 4.78 is 0. The van der Waals surface area contributed by atoms with E-state index in [2.05, 4.69) is 60.8 Å². The predicted molar refractivity (Wildman–Crippen MR) is 119 cm³/mol. The molecule has 4 heteroatoms. The fourth-order valence-electron chi connectivity index (χ4n) is 4.95. The Morgan fingerprint density at radius 2 is 1.96 bits per heavy atom. The molecule has 0 saturated carbocycles. The van der Waals surface area contributed by atoms with Crippen LogP contribution in [-0.2, 0) is 0 Å². The van der Waals surface area contributed by atoms with Gasteiger partial charge in [0.05, 0.1) is 0 Å². The Kier molecular flexibility index (Phi) is 7.03. The van der Waals surface area contributed by atoms with Gasteiger partial charge in [-0.25, -0.2) is 0 Å². The quantitative estimate of drug-likeness (QED) is 0.618. The van der Waals surface area contributed by atoms with Crippen LogP contribution >= 0.6 is 0 Å². The van der Waals surface area contributed by atoms with Crippen molar-refractivity contribution in [1.29, 1.82) is 5.41 Å². The summed E-state index contributed by atoms with van der Waals surface area (Å²) in [7, 11) is 0. The van der Waals surface area contributed by atoms with Crippen LogP contribution in [0.5, 0.6) is 0 Å². The van der Waals surface area contributed by atoms with E-state index in [1.165, 1.54) is 24.1 Å². The highest BCUT2D eigenvalue weighted by molar-refractivity contribution is 6.03. The van der Waals surface area contributed by atoms with Crippen molar-refractivity contribution in [3.05, 3.63) is 48.0 Å². The summed E-state index contributed by atoms with van der Waals surface area (Å²) in [5, 5.41) is 12.1. The lowest BCUT2D eigenvalue weighted by Gasteiger charge is -2.37. The number of nitrogens with one attached hydrogen (secondary N) is 2. The average Bonchev–Trinajstić information content (AvgIpc) is 3.35. The standard InChI is InChI=1S/C24H38N4/c1-5-8-21(9-6-2)28-17-23(22(7-3)24(28)25)19-11-14-27(15-12-19)18(4)20-10-13-26-16-20/h7,10,13,17,19-21,25-26H,4-6,8-9,11-12,14-16H2,1-3H3/b22-7-,25-24?. The van der Waals surface area contributed by atoms with Crippen LogP contribution < -0.4 is 5.32 Å². The first-order valence-electron chi connectivity index (χ1n) is 11.2. The number of hydrogen-bond acceptors (Lipinski definition) is 3. The molecule has 0 aromatic carbocycles. The van der Waals surface area contributed by atoms with E-state index in [4.69, 9.17) is 5.41 Å². The average molecular weight is 383 g/mol. The van der Waals surface area contributed by atoms with Gasteiger partial charge in [-0.3, -0.25) is 5.41 Å². The molecule has 0 spiro atoms. The minimum atomic E-state index is 0.445. The van der Waals surface area contributed by atoms with Gasteiger partial charge in [-0.1, -0.05) is 45.4 Å². The van der Waals surface area contributed by atoms with Crippen molar-refractivity contribution in [2.75, 3.05) is 19.6 Å². The molecule has 0 aromatic heterocycles. The molecule has 0 bridgehead atoms. The van der Waals surface area contributed by atoms with E-state index < -0.39 is 0 Å². The molecule has 28 heavy (non-hydrogen) atoms. The van der Waals surface area contributed by atoms with E-state index in [0.29, 0.717) is 17.9 Å². The van der Waals surface area contributed by atoms with Gasteiger partial charge in [-0.05, 0) is 50.3 Å². The monoisotopic (exact) mass is 382 g/mol. The number of nitrogens with zero attached hydrogens (tertiary/aromatic N) is 2. The third-order valence-electron chi connectivity index (χ3n) is 6.58. The molecule has 0 aliphatic carbocycles. The molecule has 1 atom stereocenters. The molecule has 1 saturated heterocycles. The molecule has 3 aliphatic heterocycles. The molecule has 0 radical (unpaired) electrons. The van der Waals surface area contributed by atoms with Crippen molar-refractivity contribution < 1.29 is 0 Å². The highest BCUT2D eigenvalue weighted by Crippen LogP contribution is 2.37. The number of rotatable bonds is 8. The van der Waals surface area contributed by atoms with Crippen LogP contribution in [-0.4, -0.2) is 41.3 Å². The van der Waals surface area contributed by atoms with Crippen molar-refractivity contribution in [2.24, 2.45) is 11.8 Å². The Balaban J connectivity index is 1.68. The van der Waals surface area contributed by atoms with E-state index in [-0.39, 0.29) is 0 Å². The zero-order chi connectivity index (χ0) is 20.1. The van der Waals surface area contributed by atoms with Gasteiger partial charge < -0.3 is 15.1 Å². The van der Waals surface area contributed by atoms with Crippen LogP contribution in [0, 0.1) is 17.2 Å². The fraction of sp³-hybridized carbons (Fsp3) is 0.625. The normalized spacial score (nSPS) is 24.4. The molecule has 1 unspecified atom stereocenters. The van der Waals surface area contributed by atoms with E-state index in [9.17, 15) is 0 Å². The summed E-state index contributed by atoms with van der Waals surface area (Å²) in [6, 6.07) is 0.469. The Morgan fingerprint density at radius 1 is 1.29 bits per heavy atom. The summed E-state index contributed by atoms with van der Waals surface area (Å²) in [5.74, 6) is 1.72. The second-order valence-electron chi connectivity index (χ2n) is 8.40. The lowest BCUT2D eigenvalue weighted by Crippen LogP contribution is -2.36. The van der Waals surface area contributed by atoms with Crippen molar-refractivity contribution in [3.8, 4) is 0 Å². The SMILES string of the molecule is C=C(C1C=CNC1)N1CCC(C2=CN(C(CCC)CCC)C(=N)/C2=C\C)CC1. The molecule has 0 aromatic rings. The second-order valence-corrected chi connectivity index (χ2v) is 8.40. The molecule has 3 aliphatic rings. The van der Waals surface area contributed by atoms with Gasteiger partial charge in [0.15, 0.2) is 0 Å². The van der Waals surface area contributed by atoms with Crippen LogP contribution in [0.3, 0.4) is 0 Å². The largest absolute Gasteiger partial charge is 0.390 e. The Morgan fingerprint density at radius 3 is 2.50 bits per heavy atom. The van der Waals surface area contributed by atoms with Crippen LogP contribution in [0.2, 0.25) is 0 Å². The third kappa shape index (κ3) is 4.21. The Labute approximate surface area is 171 Å². The highest BCUT2D eigenvalue weighted by Gasteiger charge is 2.34. The van der Waals surface area contributed by atoms with E-state index in [1.54, 1.807) is 0 Å². The smallest absolute Gasteiger partial charge is 0.132 e. The Hall–Kier alpha value is -1.97. The number of likely N-dealkylation sites (tertiary alicyclic amines) is 1. The molecule has 1 fully saturated rings. The minimum absolute atomic E-state index is 0.445. The second kappa shape index (κ2) is 9.49. The zero-order valence-corrected chi connectivity index (χ0v) is 18.0. The van der Waals surface area contributed by atoms with Gasteiger partial charge in [0.1, 0.15) is 5.84 Å². The summed E-state index contributed by atoms with van der Waals surface area (Å²) in [4.78, 5) is 4.75. The third-order valence-corrected chi connectivity index (χ3v) is 6.58. The van der Waals surface area contributed by atoms with Gasteiger partial charge in [-0.15, -0.1) is 0 Å². The first-order valence-corrected chi connectivity index (χ1v) is 11.2. The molecule has 0 amide bonds. The summed E-state index contributed by atoms with van der Waals surface area (Å²) in [6.45, 7) is 14.1. The number of amidine groups is 1. The fourth-order valence-corrected chi connectivity index (χ4v) is 4.95. The Bertz CT molecular complexity index is 658. The maximum atomic E-state index is 8.79. The number of piperidine rings is 1. The van der Waals surface area contributed by atoms with Crippen molar-refractivity contribution in [1.82, 2.24) is 15.1 Å². The van der Waals surface area contributed by atoms with Crippen LogP contribution in [0.1, 0.15) is 59.3 Å². The summed E-state index contributed by atoms with van der Waals surface area (Å²) in [6.07, 6.45) is 15.7. The first kappa shape index (κ1) is 20.8. The minimum Gasteiger partial charge on any atom is -0.390 e. The van der Waals surface area contributed by atoms with Crippen LogP contribution in [0.4, 0.5) is 0 Å². The maximum Gasteiger partial charge on any atom is 0.132 e. The van der Waals surface area contributed by atoms with Gasteiger partial charge >= 0.3 is 0 Å². The van der Waals surface area contributed by atoms with Crippen molar-refractivity contribution >= 4 is 5.84 Å². The molecular weight excluding hydrogens is 344 g/mol. The topological polar surface area (TPSA) is 42.4 Å². The van der Waals surface area contributed by atoms with Gasteiger partial charge in [0.2, 0.25) is 0 Å². The number of hydrogen-bond donors (Lipinski definition) is 2. The molecular formula is C24H38N4. The summed E-state index contributed by atoms with van der Waals surface area (Å²) >= 11 is 0. The van der Waals surface area contributed by atoms with Gasteiger partial charge in [0.25, 0.3) is 0 Å². The zero-order valence-electron chi connectivity index (χ0n) is 18.0. The molecule has 154 valence electrons. The molecule has 3 heterocycles. The predicted octanol–water partition coefficient (Wildman–Crippen LogP) is 5.04. The van der Waals surface area contributed by atoms with E-state index in [0.717, 1.165) is 56.7 Å². The number of allylic oxidation sites excluding steroid dienone is 1. The molecule has 2 N–H and O–H groups in total. The lowest BCUT2D eigenvalue weighted by atomic mass is 9.85. The molecule has 3 rings (SSSR count).